The molecule has 0 amide bonds. The minimum Gasteiger partial charge on any atom is -0.498 e. The van der Waals surface area contributed by atoms with Crippen LogP contribution in [0, 0.1) is 10.1 Å². The number of anilines is 1. The van der Waals surface area contributed by atoms with E-state index in [2.05, 4.69) is 0 Å². The Hall–Kier alpha value is -1.82. The number of rotatable bonds is 1. The lowest BCUT2D eigenvalue weighted by atomic mass is 10.2. The van der Waals surface area contributed by atoms with Gasteiger partial charge in [-0.25, -0.2) is 0 Å². The molecule has 6 heteroatoms. The van der Waals surface area contributed by atoms with Crippen LogP contribution in [0.15, 0.2) is 18.2 Å². The SMILES string of the molecule is Nc1c(O)sc2ccc([N+](=O)[O-])cc12. The quantitative estimate of drug-likeness (QED) is 0.557. The van der Waals surface area contributed by atoms with Crippen LogP contribution < -0.4 is 5.73 Å². The van der Waals surface area contributed by atoms with E-state index in [1.165, 1.54) is 12.1 Å². The molecule has 2 rings (SSSR count). The van der Waals surface area contributed by atoms with Crippen LogP contribution in [0.3, 0.4) is 0 Å². The zero-order valence-electron chi connectivity index (χ0n) is 6.93. The van der Waals surface area contributed by atoms with Crippen LogP contribution in [0.4, 0.5) is 11.4 Å². The molecule has 0 atom stereocenters. The molecule has 0 unspecified atom stereocenters. The van der Waals surface area contributed by atoms with Gasteiger partial charge in [0.1, 0.15) is 0 Å². The maximum absolute atomic E-state index is 10.5. The average molecular weight is 210 g/mol. The summed E-state index contributed by atoms with van der Waals surface area (Å²) < 4.78 is 0.741. The van der Waals surface area contributed by atoms with Crippen LogP contribution >= 0.6 is 11.3 Å². The lowest BCUT2D eigenvalue weighted by Gasteiger charge is -1.92. The van der Waals surface area contributed by atoms with Gasteiger partial charge in [0.2, 0.25) is 0 Å². The first-order chi connectivity index (χ1) is 6.59. The number of hydrogen-bond acceptors (Lipinski definition) is 5. The van der Waals surface area contributed by atoms with Crippen molar-refractivity contribution >= 4 is 32.8 Å². The Morgan fingerprint density at radius 1 is 1.50 bits per heavy atom. The van der Waals surface area contributed by atoms with Crippen LogP contribution in [-0.4, -0.2) is 10.0 Å². The first kappa shape index (κ1) is 8.76. The molecule has 0 fully saturated rings. The van der Waals surface area contributed by atoms with Gasteiger partial charge in [0.25, 0.3) is 5.69 Å². The highest BCUT2D eigenvalue weighted by atomic mass is 32.1. The number of nitro groups is 1. The van der Waals surface area contributed by atoms with Crippen molar-refractivity contribution in [1.29, 1.82) is 0 Å². The van der Waals surface area contributed by atoms with Crippen LogP contribution in [0.25, 0.3) is 10.1 Å². The molecule has 0 radical (unpaired) electrons. The lowest BCUT2D eigenvalue weighted by molar-refractivity contribution is -0.384. The summed E-state index contributed by atoms with van der Waals surface area (Å²) >= 11 is 1.11. The number of thiophene rings is 1. The van der Waals surface area contributed by atoms with E-state index in [4.69, 9.17) is 5.73 Å². The number of nitrogens with zero attached hydrogens (tertiary/aromatic N) is 1. The van der Waals surface area contributed by atoms with Crippen molar-refractivity contribution in [3.8, 4) is 5.06 Å². The van der Waals surface area contributed by atoms with Crippen LogP contribution in [0.5, 0.6) is 5.06 Å². The van der Waals surface area contributed by atoms with E-state index in [0.29, 0.717) is 5.39 Å². The van der Waals surface area contributed by atoms with Gasteiger partial charge in [-0.1, -0.05) is 11.3 Å². The lowest BCUT2D eigenvalue weighted by Crippen LogP contribution is -1.87. The molecule has 0 aliphatic carbocycles. The van der Waals surface area contributed by atoms with E-state index in [0.717, 1.165) is 16.0 Å². The fourth-order valence-electron chi connectivity index (χ4n) is 1.21. The van der Waals surface area contributed by atoms with Gasteiger partial charge >= 0.3 is 0 Å². The molecule has 0 aliphatic rings. The van der Waals surface area contributed by atoms with Gasteiger partial charge in [-0.15, -0.1) is 0 Å². The van der Waals surface area contributed by atoms with E-state index in [9.17, 15) is 15.2 Å². The highest BCUT2D eigenvalue weighted by molar-refractivity contribution is 7.21. The zero-order valence-corrected chi connectivity index (χ0v) is 7.75. The van der Waals surface area contributed by atoms with Gasteiger partial charge in [-0.05, 0) is 6.07 Å². The minimum absolute atomic E-state index is 0.000461. The first-order valence-electron chi connectivity index (χ1n) is 3.75. The van der Waals surface area contributed by atoms with Gasteiger partial charge in [0.15, 0.2) is 5.06 Å². The summed E-state index contributed by atoms with van der Waals surface area (Å²) in [5, 5.41) is 20.3. The molecule has 1 aromatic heterocycles. The average Bonchev–Trinajstić information content (AvgIpc) is 2.43. The summed E-state index contributed by atoms with van der Waals surface area (Å²) in [7, 11) is 0. The van der Waals surface area contributed by atoms with E-state index >= 15 is 0 Å². The van der Waals surface area contributed by atoms with Crippen LogP contribution in [0.2, 0.25) is 0 Å². The zero-order chi connectivity index (χ0) is 10.3. The molecule has 0 saturated carbocycles. The van der Waals surface area contributed by atoms with Crippen molar-refractivity contribution in [1.82, 2.24) is 0 Å². The maximum atomic E-state index is 10.5. The van der Waals surface area contributed by atoms with Crippen molar-refractivity contribution in [3.63, 3.8) is 0 Å². The number of nitrogens with two attached hydrogens (primary N) is 1. The third kappa shape index (κ3) is 1.16. The number of aromatic hydroxyl groups is 1. The van der Waals surface area contributed by atoms with E-state index in [1.807, 2.05) is 0 Å². The predicted molar refractivity (Wildman–Crippen MR) is 54.6 cm³/mol. The summed E-state index contributed by atoms with van der Waals surface area (Å²) in [4.78, 5) is 9.98. The van der Waals surface area contributed by atoms with Crippen molar-refractivity contribution in [3.05, 3.63) is 28.3 Å². The number of fused-ring (bicyclic) bond motifs is 1. The van der Waals surface area contributed by atoms with Crippen molar-refractivity contribution < 1.29 is 10.0 Å². The van der Waals surface area contributed by atoms with Crippen molar-refractivity contribution in [2.45, 2.75) is 0 Å². The summed E-state index contributed by atoms with van der Waals surface area (Å²) in [6, 6.07) is 4.33. The molecular formula is C8H6N2O3S. The molecule has 0 bridgehead atoms. The molecule has 14 heavy (non-hydrogen) atoms. The van der Waals surface area contributed by atoms with Crippen molar-refractivity contribution in [2.24, 2.45) is 0 Å². The summed E-state index contributed by atoms with van der Waals surface area (Å²) in [5.74, 6) is 0. The second kappa shape index (κ2) is 2.85. The number of nitrogen functional groups attached to an aromatic ring is 1. The fraction of sp³-hybridized carbons (Fsp3) is 0. The Labute approximate surface area is 82.5 Å². The monoisotopic (exact) mass is 210 g/mol. The van der Waals surface area contributed by atoms with E-state index < -0.39 is 4.92 Å². The molecular weight excluding hydrogens is 204 g/mol. The summed E-state index contributed by atoms with van der Waals surface area (Å²) in [5.41, 5.74) is 5.72. The second-order valence-corrected chi connectivity index (χ2v) is 3.79. The third-order valence-electron chi connectivity index (χ3n) is 1.90. The smallest absolute Gasteiger partial charge is 0.270 e. The highest BCUT2D eigenvalue weighted by Crippen LogP contribution is 2.40. The van der Waals surface area contributed by atoms with E-state index in [-0.39, 0.29) is 16.4 Å². The normalized spacial score (nSPS) is 10.6. The van der Waals surface area contributed by atoms with Gasteiger partial charge in [0.05, 0.1) is 10.6 Å². The molecule has 0 saturated heterocycles. The minimum atomic E-state index is -0.492. The number of non-ortho nitro benzene ring substituents is 1. The maximum Gasteiger partial charge on any atom is 0.270 e. The largest absolute Gasteiger partial charge is 0.498 e. The topological polar surface area (TPSA) is 89.4 Å². The molecule has 72 valence electrons. The molecule has 2 aromatic rings. The van der Waals surface area contributed by atoms with Crippen LogP contribution in [0.1, 0.15) is 0 Å². The Bertz CT molecular complexity index is 521. The molecule has 1 aromatic carbocycles. The molecule has 3 N–H and O–H groups in total. The van der Waals surface area contributed by atoms with Gasteiger partial charge in [-0.3, -0.25) is 10.1 Å². The van der Waals surface area contributed by atoms with Crippen LogP contribution in [-0.2, 0) is 0 Å². The molecule has 0 aliphatic heterocycles. The Kier molecular flexibility index (Phi) is 1.78. The Balaban J connectivity index is 2.76. The van der Waals surface area contributed by atoms with Gasteiger partial charge in [0, 0.05) is 22.2 Å². The Morgan fingerprint density at radius 3 is 2.86 bits per heavy atom. The number of hydrogen-bond donors (Lipinski definition) is 2. The highest BCUT2D eigenvalue weighted by Gasteiger charge is 2.12. The standard InChI is InChI=1S/C8H6N2O3S/c9-7-5-3-4(10(12)13)1-2-6(5)14-8(7)11/h1-3,11H,9H2. The number of benzene rings is 1. The van der Waals surface area contributed by atoms with Gasteiger partial charge < -0.3 is 10.8 Å². The van der Waals surface area contributed by atoms with Gasteiger partial charge in [-0.2, -0.15) is 0 Å². The first-order valence-corrected chi connectivity index (χ1v) is 4.56. The summed E-state index contributed by atoms with van der Waals surface area (Å²) in [6.45, 7) is 0. The predicted octanol–water partition coefficient (Wildman–Crippen LogP) is 2.10. The summed E-state index contributed by atoms with van der Waals surface area (Å²) in [6.07, 6.45) is 0. The second-order valence-electron chi connectivity index (χ2n) is 2.76. The molecule has 1 heterocycles. The molecule has 0 spiro atoms. The van der Waals surface area contributed by atoms with E-state index in [1.54, 1.807) is 6.07 Å². The molecule has 5 nitrogen and oxygen atoms in total. The number of nitro benzene ring substituents is 1. The Morgan fingerprint density at radius 2 is 2.21 bits per heavy atom. The fourth-order valence-corrected chi connectivity index (χ4v) is 2.05. The third-order valence-corrected chi connectivity index (χ3v) is 2.89. The van der Waals surface area contributed by atoms with Crippen molar-refractivity contribution in [2.75, 3.05) is 5.73 Å².